The number of carbonyl (C=O) groups excluding carboxylic acids is 2. The monoisotopic (exact) mass is 462 g/mol. The lowest BCUT2D eigenvalue weighted by Crippen LogP contribution is -2.42. The topological polar surface area (TPSA) is 105 Å². The van der Waals surface area contributed by atoms with Crippen molar-refractivity contribution in [3.8, 4) is 0 Å². The van der Waals surface area contributed by atoms with Crippen molar-refractivity contribution in [3.05, 3.63) is 89.9 Å². The summed E-state index contributed by atoms with van der Waals surface area (Å²) in [4.78, 5) is 24.1. The molecular weight excluding hydrogens is 442 g/mol. The Hall–Kier alpha value is -3.53. The first kappa shape index (κ1) is 23.1. The summed E-state index contributed by atoms with van der Waals surface area (Å²) in [6.07, 6.45) is 1.67. The fourth-order valence-electron chi connectivity index (χ4n) is 2.94. The molecule has 0 radical (unpaired) electrons. The van der Waals surface area contributed by atoms with Crippen molar-refractivity contribution in [1.82, 2.24) is 10.6 Å². The Balaban J connectivity index is 1.61. The van der Waals surface area contributed by atoms with E-state index in [4.69, 9.17) is 4.42 Å². The Bertz CT molecular complexity index is 1160. The van der Waals surface area contributed by atoms with Crippen LogP contribution < -0.4 is 10.6 Å². The van der Waals surface area contributed by atoms with Gasteiger partial charge in [-0.3, -0.25) is 9.59 Å². The highest BCUT2D eigenvalue weighted by Crippen LogP contribution is 2.29. The van der Waals surface area contributed by atoms with E-state index in [1.54, 1.807) is 12.1 Å². The third-order valence-electron chi connectivity index (χ3n) is 4.64. The molecular formula is C22H20F2N2O5S. The van der Waals surface area contributed by atoms with Crippen molar-refractivity contribution in [2.45, 2.75) is 16.6 Å². The first-order valence-electron chi connectivity index (χ1n) is 9.60. The second kappa shape index (κ2) is 10.2. The molecule has 0 saturated carbocycles. The van der Waals surface area contributed by atoms with Crippen molar-refractivity contribution in [1.29, 1.82) is 0 Å². The zero-order valence-corrected chi connectivity index (χ0v) is 17.6. The summed E-state index contributed by atoms with van der Waals surface area (Å²) in [6.45, 7) is -0.301. The van der Waals surface area contributed by atoms with Gasteiger partial charge in [-0.15, -0.1) is 0 Å². The van der Waals surface area contributed by atoms with Gasteiger partial charge in [-0.05, 0) is 60.5 Å². The van der Waals surface area contributed by atoms with Crippen LogP contribution in [0.15, 0.2) is 76.2 Å². The van der Waals surface area contributed by atoms with Crippen LogP contribution in [0.5, 0.6) is 0 Å². The Morgan fingerprint density at radius 3 is 2.06 bits per heavy atom. The van der Waals surface area contributed by atoms with Gasteiger partial charge in [0.2, 0.25) is 0 Å². The summed E-state index contributed by atoms with van der Waals surface area (Å²) in [5, 5.41) is 3.40. The van der Waals surface area contributed by atoms with E-state index >= 15 is 0 Å². The molecule has 2 N–H and O–H groups in total. The Kier molecular flexibility index (Phi) is 7.37. The Labute approximate surface area is 183 Å². The Morgan fingerprint density at radius 2 is 1.47 bits per heavy atom. The molecule has 10 heteroatoms. The molecule has 2 aromatic carbocycles. The third kappa shape index (κ3) is 5.79. The maximum atomic E-state index is 13.2. The molecule has 0 spiro atoms. The molecule has 1 heterocycles. The van der Waals surface area contributed by atoms with E-state index in [2.05, 4.69) is 10.6 Å². The zero-order chi connectivity index (χ0) is 23.1. The highest BCUT2D eigenvalue weighted by atomic mass is 32.2. The van der Waals surface area contributed by atoms with Crippen molar-refractivity contribution in [3.63, 3.8) is 0 Å². The summed E-state index contributed by atoms with van der Waals surface area (Å²) in [5.41, 5.74) is 0.774. The van der Waals surface area contributed by atoms with Gasteiger partial charge < -0.3 is 15.1 Å². The molecule has 0 aliphatic rings. The van der Waals surface area contributed by atoms with Crippen LogP contribution in [-0.2, 0) is 25.8 Å². The largest absolute Gasteiger partial charge is 0.468 e. The van der Waals surface area contributed by atoms with E-state index in [0.29, 0.717) is 6.42 Å². The number of amides is 2. The number of nitrogens with one attached hydrogen (secondary N) is 2. The predicted molar refractivity (Wildman–Crippen MR) is 111 cm³/mol. The maximum absolute atomic E-state index is 13.2. The number of rotatable bonds is 8. The van der Waals surface area contributed by atoms with Crippen molar-refractivity contribution < 1.29 is 31.2 Å². The number of furan rings is 1. The van der Waals surface area contributed by atoms with Crippen LogP contribution in [0.4, 0.5) is 8.78 Å². The van der Waals surface area contributed by atoms with Crippen LogP contribution in [0.1, 0.15) is 16.6 Å². The summed E-state index contributed by atoms with van der Waals surface area (Å²) >= 11 is 0. The number of carbonyl (C=O) groups is 2. The fraction of sp³-hybridized carbons (Fsp3) is 0.182. The summed E-state index contributed by atoms with van der Waals surface area (Å²) in [6, 6.07) is 12.9. The quantitative estimate of drug-likeness (QED) is 0.395. The minimum atomic E-state index is -4.06. The van der Waals surface area contributed by atoms with E-state index in [1.807, 2.05) is 0 Å². The zero-order valence-electron chi connectivity index (χ0n) is 16.8. The molecule has 32 heavy (non-hydrogen) atoms. The molecule has 0 fully saturated rings. The number of benzene rings is 2. The average molecular weight is 462 g/mol. The molecule has 3 aromatic rings. The molecule has 0 saturated heterocycles. The molecule has 168 valence electrons. The van der Waals surface area contributed by atoms with E-state index in [1.165, 1.54) is 30.5 Å². The third-order valence-corrected chi connectivity index (χ3v) is 6.72. The van der Waals surface area contributed by atoms with E-state index < -0.39 is 39.3 Å². The van der Waals surface area contributed by atoms with Crippen molar-refractivity contribution in [2.24, 2.45) is 0 Å². The minimum Gasteiger partial charge on any atom is -0.468 e. The molecule has 3 rings (SSSR count). The van der Waals surface area contributed by atoms with Crippen LogP contribution in [0.25, 0.3) is 0 Å². The van der Waals surface area contributed by atoms with Crippen LogP contribution in [0, 0.1) is 11.6 Å². The van der Waals surface area contributed by atoms with Crippen LogP contribution in [0.3, 0.4) is 0 Å². The first-order valence-corrected chi connectivity index (χ1v) is 11.2. The number of sulfone groups is 1. The minimum absolute atomic E-state index is 0.0614. The standard InChI is InChI=1S/C22H20F2N2O5S/c23-16-5-3-15(4-6-16)11-12-25-21(27)22(28)26-14-20(19-2-1-13-31-19)32(29,30)18-9-7-17(24)8-10-18/h1-10,13,20H,11-12,14H2,(H,25,27)(H,26,28)/t20-/m0/s1. The second-order valence-corrected chi connectivity index (χ2v) is 8.98. The van der Waals surface area contributed by atoms with Crippen LogP contribution in [-0.4, -0.2) is 33.3 Å². The van der Waals surface area contributed by atoms with Crippen molar-refractivity contribution in [2.75, 3.05) is 13.1 Å². The second-order valence-electron chi connectivity index (χ2n) is 6.85. The van der Waals surface area contributed by atoms with Crippen LogP contribution >= 0.6 is 0 Å². The Morgan fingerprint density at radius 1 is 0.875 bits per heavy atom. The summed E-state index contributed by atoms with van der Waals surface area (Å²) in [7, 11) is -4.06. The lowest BCUT2D eigenvalue weighted by atomic mass is 10.1. The molecule has 2 amide bonds. The van der Waals surface area contributed by atoms with Gasteiger partial charge in [-0.25, -0.2) is 17.2 Å². The summed E-state index contributed by atoms with van der Waals surface area (Å²) in [5.74, 6) is -2.87. The molecule has 1 aromatic heterocycles. The van der Waals surface area contributed by atoms with Crippen molar-refractivity contribution >= 4 is 21.7 Å². The van der Waals surface area contributed by atoms with E-state index in [-0.39, 0.29) is 23.0 Å². The molecule has 1 atom stereocenters. The van der Waals surface area contributed by atoms with Crippen LogP contribution in [0.2, 0.25) is 0 Å². The van der Waals surface area contributed by atoms with Gasteiger partial charge in [-0.2, -0.15) is 0 Å². The van der Waals surface area contributed by atoms with Gasteiger partial charge in [0.05, 0.1) is 11.2 Å². The van der Waals surface area contributed by atoms with Gasteiger partial charge in [0.1, 0.15) is 22.6 Å². The number of hydrogen-bond donors (Lipinski definition) is 2. The molecule has 0 aliphatic carbocycles. The lowest BCUT2D eigenvalue weighted by Gasteiger charge is -2.16. The van der Waals surface area contributed by atoms with Gasteiger partial charge in [0.25, 0.3) is 0 Å². The molecule has 0 unspecified atom stereocenters. The molecule has 0 aliphatic heterocycles. The lowest BCUT2D eigenvalue weighted by molar-refractivity contribution is -0.139. The maximum Gasteiger partial charge on any atom is 0.309 e. The average Bonchev–Trinajstić information content (AvgIpc) is 3.29. The predicted octanol–water partition coefficient (Wildman–Crippen LogP) is 2.55. The number of hydrogen-bond acceptors (Lipinski definition) is 5. The van der Waals surface area contributed by atoms with E-state index in [9.17, 15) is 26.8 Å². The smallest absolute Gasteiger partial charge is 0.309 e. The normalized spacial score (nSPS) is 12.2. The van der Waals surface area contributed by atoms with Gasteiger partial charge in [0, 0.05) is 13.1 Å². The number of halogens is 2. The molecule has 0 bridgehead atoms. The van der Waals surface area contributed by atoms with E-state index in [0.717, 1.165) is 29.8 Å². The highest BCUT2D eigenvalue weighted by Gasteiger charge is 2.32. The summed E-state index contributed by atoms with van der Waals surface area (Å²) < 4.78 is 57.3. The van der Waals surface area contributed by atoms with Gasteiger partial charge in [0.15, 0.2) is 9.84 Å². The van der Waals surface area contributed by atoms with Gasteiger partial charge in [-0.1, -0.05) is 12.1 Å². The molecule has 7 nitrogen and oxygen atoms in total. The first-order chi connectivity index (χ1) is 15.3. The highest BCUT2D eigenvalue weighted by molar-refractivity contribution is 7.91. The SMILES string of the molecule is O=C(NCCc1ccc(F)cc1)C(=O)NC[C@@H](c1ccco1)S(=O)(=O)c1ccc(F)cc1. The fourth-order valence-corrected chi connectivity index (χ4v) is 4.53. The van der Waals surface area contributed by atoms with Gasteiger partial charge >= 0.3 is 11.8 Å².